The Labute approximate surface area is 101 Å². The molecule has 0 radical (unpaired) electrons. The molecule has 0 aliphatic heterocycles. The van der Waals surface area contributed by atoms with Gasteiger partial charge in [-0.05, 0) is 36.2 Å². The minimum absolute atomic E-state index is 0.422. The maximum atomic E-state index is 9.76. The van der Waals surface area contributed by atoms with Crippen LogP contribution in [0, 0.1) is 0 Å². The maximum Gasteiger partial charge on any atom is 0.127 e. The van der Waals surface area contributed by atoms with Crippen LogP contribution in [-0.4, -0.2) is 5.11 Å². The first-order valence-electron chi connectivity index (χ1n) is 5.80. The lowest BCUT2D eigenvalue weighted by Gasteiger charge is -2.10. The summed E-state index contributed by atoms with van der Waals surface area (Å²) in [5, 5.41) is 9.76. The van der Waals surface area contributed by atoms with E-state index in [1.165, 1.54) is 0 Å². The first-order valence-corrected chi connectivity index (χ1v) is 5.80. The molecule has 17 heavy (non-hydrogen) atoms. The number of rotatable bonds is 4. The van der Waals surface area contributed by atoms with Crippen LogP contribution in [0.3, 0.4) is 0 Å². The van der Waals surface area contributed by atoms with Gasteiger partial charge in [-0.15, -0.1) is 0 Å². The molecule has 0 amide bonds. The van der Waals surface area contributed by atoms with Crippen molar-refractivity contribution in [3.63, 3.8) is 0 Å². The number of ether oxygens (including phenoxy) is 1. The Morgan fingerprint density at radius 1 is 1.00 bits per heavy atom. The minimum atomic E-state index is -0.422. The molecule has 0 fully saturated rings. The molecule has 1 atom stereocenters. The van der Waals surface area contributed by atoms with Crippen molar-refractivity contribution in [3.05, 3.63) is 60.2 Å². The van der Waals surface area contributed by atoms with Gasteiger partial charge in [0.25, 0.3) is 0 Å². The van der Waals surface area contributed by atoms with Crippen molar-refractivity contribution >= 4 is 0 Å². The Kier molecular flexibility index (Phi) is 3.78. The summed E-state index contributed by atoms with van der Waals surface area (Å²) in [6.07, 6.45) is 0.281. The summed E-state index contributed by atoms with van der Waals surface area (Å²) in [6.45, 7) is 1.95. The van der Waals surface area contributed by atoms with Crippen molar-refractivity contribution in [2.45, 2.75) is 19.4 Å². The summed E-state index contributed by atoms with van der Waals surface area (Å²) in [5.74, 6) is 1.55. The van der Waals surface area contributed by atoms with Crippen molar-refractivity contribution in [1.29, 1.82) is 0 Å². The average molecular weight is 228 g/mol. The van der Waals surface area contributed by atoms with Crippen LogP contribution < -0.4 is 4.74 Å². The molecule has 0 bridgehead atoms. The lowest BCUT2D eigenvalue weighted by Crippen LogP contribution is -1.95. The van der Waals surface area contributed by atoms with E-state index in [0.717, 1.165) is 17.1 Å². The third-order valence-corrected chi connectivity index (χ3v) is 2.61. The molecule has 2 nitrogen and oxygen atoms in total. The van der Waals surface area contributed by atoms with Gasteiger partial charge in [-0.2, -0.15) is 0 Å². The van der Waals surface area contributed by atoms with Gasteiger partial charge in [0.15, 0.2) is 0 Å². The molecule has 1 N–H and O–H groups in total. The van der Waals surface area contributed by atoms with Crippen LogP contribution in [0.2, 0.25) is 0 Å². The molecule has 0 spiro atoms. The number of hydrogen-bond donors (Lipinski definition) is 1. The van der Waals surface area contributed by atoms with Crippen molar-refractivity contribution in [2.75, 3.05) is 0 Å². The highest BCUT2D eigenvalue weighted by Gasteiger charge is 2.05. The Morgan fingerprint density at radius 3 is 2.41 bits per heavy atom. The lowest BCUT2D eigenvalue weighted by atomic mass is 10.1. The first kappa shape index (κ1) is 11.7. The predicted octanol–water partition coefficient (Wildman–Crippen LogP) is 3.92. The SMILES string of the molecule is CC[C@H](O)c1cccc(Oc2ccccc2)c1. The molecule has 2 rings (SSSR count). The highest BCUT2D eigenvalue weighted by atomic mass is 16.5. The summed E-state index contributed by atoms with van der Waals surface area (Å²) >= 11 is 0. The Balaban J connectivity index is 2.17. The predicted molar refractivity (Wildman–Crippen MR) is 68.2 cm³/mol. The number of benzene rings is 2. The topological polar surface area (TPSA) is 29.5 Å². The van der Waals surface area contributed by atoms with Gasteiger partial charge in [0, 0.05) is 0 Å². The Morgan fingerprint density at radius 2 is 1.71 bits per heavy atom. The second-order valence-electron chi connectivity index (χ2n) is 3.91. The van der Waals surface area contributed by atoms with Crippen molar-refractivity contribution in [2.24, 2.45) is 0 Å². The monoisotopic (exact) mass is 228 g/mol. The van der Waals surface area contributed by atoms with E-state index in [-0.39, 0.29) is 0 Å². The van der Waals surface area contributed by atoms with E-state index < -0.39 is 6.10 Å². The molecule has 88 valence electrons. The van der Waals surface area contributed by atoms with Crippen LogP contribution in [0.4, 0.5) is 0 Å². The molecule has 0 saturated heterocycles. The summed E-state index contributed by atoms with van der Waals surface area (Å²) < 4.78 is 5.70. The summed E-state index contributed by atoms with van der Waals surface area (Å²) in [5.41, 5.74) is 0.890. The van der Waals surface area contributed by atoms with Crippen LogP contribution >= 0.6 is 0 Å². The second-order valence-corrected chi connectivity index (χ2v) is 3.91. The van der Waals surface area contributed by atoms with Gasteiger partial charge in [0.1, 0.15) is 11.5 Å². The molecular formula is C15H16O2. The van der Waals surface area contributed by atoms with Gasteiger partial charge in [-0.25, -0.2) is 0 Å². The third kappa shape index (κ3) is 3.08. The van der Waals surface area contributed by atoms with E-state index in [4.69, 9.17) is 4.74 Å². The quantitative estimate of drug-likeness (QED) is 0.859. The fraction of sp³-hybridized carbons (Fsp3) is 0.200. The van der Waals surface area contributed by atoms with Crippen molar-refractivity contribution in [1.82, 2.24) is 0 Å². The van der Waals surface area contributed by atoms with E-state index in [9.17, 15) is 5.11 Å². The number of aliphatic hydroxyl groups excluding tert-OH is 1. The second kappa shape index (κ2) is 5.51. The highest BCUT2D eigenvalue weighted by molar-refractivity contribution is 5.34. The molecule has 2 aromatic rings. The lowest BCUT2D eigenvalue weighted by molar-refractivity contribution is 0.173. The summed E-state index contributed by atoms with van der Waals surface area (Å²) in [7, 11) is 0. The molecule has 2 aromatic carbocycles. The van der Waals surface area contributed by atoms with Crippen LogP contribution in [0.15, 0.2) is 54.6 Å². The van der Waals surface area contributed by atoms with Gasteiger partial charge in [0.2, 0.25) is 0 Å². The third-order valence-electron chi connectivity index (χ3n) is 2.61. The van der Waals surface area contributed by atoms with Crippen molar-refractivity contribution < 1.29 is 9.84 Å². The zero-order valence-electron chi connectivity index (χ0n) is 9.84. The van der Waals surface area contributed by atoms with E-state index in [1.54, 1.807) is 0 Å². The average Bonchev–Trinajstić information content (AvgIpc) is 2.39. The molecule has 0 aliphatic carbocycles. The maximum absolute atomic E-state index is 9.76. The van der Waals surface area contributed by atoms with E-state index in [1.807, 2.05) is 61.5 Å². The van der Waals surface area contributed by atoms with Crippen LogP contribution in [0.25, 0.3) is 0 Å². The molecule has 0 saturated carbocycles. The zero-order valence-corrected chi connectivity index (χ0v) is 9.84. The Bertz CT molecular complexity index is 465. The van der Waals surface area contributed by atoms with Gasteiger partial charge < -0.3 is 9.84 Å². The Hall–Kier alpha value is -1.80. The molecule has 0 aliphatic rings. The molecule has 0 heterocycles. The van der Waals surface area contributed by atoms with Crippen LogP contribution in [0.1, 0.15) is 25.0 Å². The normalized spacial score (nSPS) is 12.1. The fourth-order valence-electron chi connectivity index (χ4n) is 1.65. The zero-order chi connectivity index (χ0) is 12.1. The fourth-order valence-corrected chi connectivity index (χ4v) is 1.65. The minimum Gasteiger partial charge on any atom is -0.457 e. The largest absolute Gasteiger partial charge is 0.457 e. The van der Waals surface area contributed by atoms with Gasteiger partial charge in [-0.1, -0.05) is 37.3 Å². The van der Waals surface area contributed by atoms with Crippen LogP contribution in [0.5, 0.6) is 11.5 Å². The molecule has 0 unspecified atom stereocenters. The van der Waals surface area contributed by atoms with E-state index in [2.05, 4.69) is 0 Å². The first-order chi connectivity index (χ1) is 8.29. The molecule has 0 aromatic heterocycles. The number of hydrogen-bond acceptors (Lipinski definition) is 2. The smallest absolute Gasteiger partial charge is 0.127 e. The highest BCUT2D eigenvalue weighted by Crippen LogP contribution is 2.25. The standard InChI is InChI=1S/C15H16O2/c1-2-15(16)12-7-6-10-14(11-12)17-13-8-4-3-5-9-13/h3-11,15-16H,2H2,1H3/t15-/m0/s1. The number of para-hydroxylation sites is 1. The summed E-state index contributed by atoms with van der Waals surface area (Å²) in [6, 6.07) is 17.2. The molecular weight excluding hydrogens is 212 g/mol. The summed E-state index contributed by atoms with van der Waals surface area (Å²) in [4.78, 5) is 0. The van der Waals surface area contributed by atoms with Gasteiger partial charge in [0.05, 0.1) is 6.10 Å². The van der Waals surface area contributed by atoms with Gasteiger partial charge >= 0.3 is 0 Å². The van der Waals surface area contributed by atoms with E-state index in [0.29, 0.717) is 6.42 Å². The van der Waals surface area contributed by atoms with E-state index >= 15 is 0 Å². The van der Waals surface area contributed by atoms with Crippen molar-refractivity contribution in [3.8, 4) is 11.5 Å². The van der Waals surface area contributed by atoms with Gasteiger partial charge in [-0.3, -0.25) is 0 Å². The van der Waals surface area contributed by atoms with Crippen LogP contribution in [-0.2, 0) is 0 Å². The molecule has 2 heteroatoms. The number of aliphatic hydroxyl groups is 1.